The Morgan fingerprint density at radius 3 is 1.84 bits per heavy atom. The number of benzene rings is 7. The summed E-state index contributed by atoms with van der Waals surface area (Å²) in [6.07, 6.45) is -20.3. The number of hydrogen-bond donors (Lipinski definition) is 21. The molecule has 0 saturated carbocycles. The normalized spacial score (nSPS) is 27.2. The Morgan fingerprint density at radius 2 is 1.17 bits per heavy atom. The van der Waals surface area contributed by atoms with E-state index in [2.05, 4.69) is 42.5 Å². The van der Waals surface area contributed by atoms with Gasteiger partial charge in [0, 0.05) is 48.7 Å². The lowest BCUT2D eigenvalue weighted by Gasteiger charge is -2.44. The molecule has 37 nitrogen and oxygen atoms in total. The van der Waals surface area contributed by atoms with E-state index in [9.17, 15) is 70.9 Å². The maximum atomic E-state index is 16.6. The van der Waals surface area contributed by atoms with E-state index in [1.54, 1.807) is 19.0 Å². The fourth-order valence-corrected chi connectivity index (χ4v) is 14.9. The third kappa shape index (κ3) is 17.5. The standard InChI is InChI=1S/C77H79Cl3N10O27/c1-28(93)83-60-65(101)63(99)51(26-91)115-76(60)117-68-32-8-12-46(40(79)18-32)113-50-21-33-20-49(62(50)98)112-45-11-5-29(15-39(45)78)16-41-69(104)87-59(38-24-35(25-44(97)54(38)80)111-47-19-30(6-10-43(47)96)55(81)70(105)84-41)74(109)86-57(33)73(108)85-56-31-7-9-42(95)36(17-31)53-37(22-34(94)23-48(53)114-77-67(103)66(102)64(100)52(27-92)116-77)58(71(106)82-13-4-14-90(2)3)88-75(110)61(68)89-72(56)107/h5-12,15,17-25,41,51-52,55-61,63-68,76-77,91-92,94-103H,4,13-14,16,26-27,81H2,1-3H3,(H,82,106)(H,83,93)(H,84,105)(H,85,108)(H,86,109)(H,87,104)(H,88,110)(H,89,107)/t41-,51-,52-,55-,56-,57-,58-,59+,60-,61+,63-,64-,65-,66+,67+,68-,76+,77+/m1/s1. The minimum Gasteiger partial charge on any atom is -0.508 e. The van der Waals surface area contributed by atoms with Crippen LogP contribution in [0.3, 0.4) is 0 Å². The lowest BCUT2D eigenvalue weighted by Crippen LogP contribution is -2.65. The van der Waals surface area contributed by atoms with Gasteiger partial charge in [0.25, 0.3) is 0 Å². The Kier molecular flexibility index (Phi) is 24.8. The number of phenolic OH excluding ortho intramolecular Hbond substituents is 5. The summed E-state index contributed by atoms with van der Waals surface area (Å²) in [5.41, 5.74) is 3.57. The van der Waals surface area contributed by atoms with Crippen molar-refractivity contribution in [3.8, 4) is 80.1 Å². The zero-order valence-electron chi connectivity index (χ0n) is 61.7. The topological polar surface area (TPSA) is 569 Å². The Morgan fingerprint density at radius 1 is 0.564 bits per heavy atom. The molecule has 8 aliphatic heterocycles. The summed E-state index contributed by atoms with van der Waals surface area (Å²) in [6, 6.07) is 3.24. The van der Waals surface area contributed by atoms with Crippen LogP contribution in [0, 0.1) is 0 Å². The monoisotopic (exact) mass is 1680 g/mol. The van der Waals surface area contributed by atoms with E-state index >= 15 is 28.8 Å². The number of aromatic hydroxyl groups is 5. The number of ether oxygens (including phenoxy) is 7. The van der Waals surface area contributed by atoms with Crippen molar-refractivity contribution in [2.75, 3.05) is 40.4 Å². The fraction of sp³-hybridized carbons (Fsp3) is 0.351. The molecule has 2 saturated heterocycles. The largest absolute Gasteiger partial charge is 0.508 e. The van der Waals surface area contributed by atoms with Crippen molar-refractivity contribution in [1.29, 1.82) is 0 Å². The Labute approximate surface area is 678 Å². The predicted octanol–water partition coefficient (Wildman–Crippen LogP) is 1.06. The van der Waals surface area contributed by atoms with Crippen molar-refractivity contribution < 1.29 is 133 Å². The first-order valence-electron chi connectivity index (χ1n) is 36.2. The Bertz CT molecular complexity index is 5090. The molecule has 7 aromatic rings. The van der Waals surface area contributed by atoms with Crippen LogP contribution in [0.4, 0.5) is 0 Å². The molecule has 8 heterocycles. The maximum absolute atomic E-state index is 16.6. The van der Waals surface area contributed by atoms with Gasteiger partial charge in [-0.2, -0.15) is 0 Å². The number of nitrogens with two attached hydrogens (primary N) is 1. The van der Waals surface area contributed by atoms with Gasteiger partial charge in [0.05, 0.1) is 28.3 Å². The number of aliphatic hydroxyl groups is 7. The van der Waals surface area contributed by atoms with E-state index < -0.39 is 272 Å². The van der Waals surface area contributed by atoms with Crippen LogP contribution >= 0.6 is 34.8 Å². The summed E-state index contributed by atoms with van der Waals surface area (Å²) in [7, 11) is 3.49. The number of fused-ring (bicyclic) bond motifs is 14. The lowest BCUT2D eigenvalue weighted by atomic mass is 9.89. The number of halogens is 3. The lowest BCUT2D eigenvalue weighted by molar-refractivity contribution is -0.284. The van der Waals surface area contributed by atoms with Crippen LogP contribution in [0.5, 0.6) is 69.0 Å². The first-order chi connectivity index (χ1) is 55.7. The molecule has 22 N–H and O–H groups in total. The molecule has 8 amide bonds. The van der Waals surface area contributed by atoms with E-state index in [-0.39, 0.29) is 51.9 Å². The number of amides is 8. The quantitative estimate of drug-likeness (QED) is 0.0761. The van der Waals surface area contributed by atoms with E-state index in [4.69, 9.17) is 73.7 Å². The molecule has 0 radical (unpaired) electrons. The number of aliphatic hydroxyl groups excluding tert-OH is 7. The van der Waals surface area contributed by atoms with Crippen molar-refractivity contribution in [3.05, 3.63) is 163 Å². The molecule has 18 atom stereocenters. The van der Waals surface area contributed by atoms with Gasteiger partial charge in [0.15, 0.2) is 29.3 Å². The number of rotatable bonds is 12. The van der Waals surface area contributed by atoms with Gasteiger partial charge >= 0.3 is 0 Å². The van der Waals surface area contributed by atoms with Gasteiger partial charge in [-0.3, -0.25) is 38.4 Å². The van der Waals surface area contributed by atoms with Crippen LogP contribution in [-0.2, 0) is 59.0 Å². The van der Waals surface area contributed by atoms with Crippen molar-refractivity contribution >= 4 is 82.1 Å². The van der Waals surface area contributed by atoms with Crippen LogP contribution in [0.15, 0.2) is 109 Å². The van der Waals surface area contributed by atoms with E-state index in [1.807, 2.05) is 0 Å². The predicted molar refractivity (Wildman–Crippen MR) is 405 cm³/mol. The first kappa shape index (κ1) is 83.8. The second kappa shape index (κ2) is 34.6. The zero-order chi connectivity index (χ0) is 84.0. The highest BCUT2D eigenvalue weighted by Gasteiger charge is 2.51. The second-order valence-electron chi connectivity index (χ2n) is 28.6. The highest BCUT2D eigenvalue weighted by molar-refractivity contribution is 6.33. The van der Waals surface area contributed by atoms with Crippen LogP contribution in [0.2, 0.25) is 15.1 Å². The number of hydrogen-bond acceptors (Lipinski definition) is 29. The minimum absolute atomic E-state index is 0.0495. The molecule has 8 aliphatic rings. The molecule has 0 aromatic heterocycles. The highest BCUT2D eigenvalue weighted by atomic mass is 35.5. The molecule has 0 unspecified atom stereocenters. The van der Waals surface area contributed by atoms with Crippen LogP contribution in [0.25, 0.3) is 11.1 Å². The van der Waals surface area contributed by atoms with Gasteiger partial charge in [-0.1, -0.05) is 59.1 Å². The molecule has 2 fully saturated rings. The first-order valence-corrected chi connectivity index (χ1v) is 37.4. The number of phenols is 5. The molecule has 7 aromatic carbocycles. The molecule has 40 heteroatoms. The van der Waals surface area contributed by atoms with E-state index in [0.717, 1.165) is 79.7 Å². The average molecular weight is 1680 g/mol. The number of nitrogens with one attached hydrogen (secondary N) is 8. The molecule has 17 bridgehead atoms. The molecule has 15 rings (SSSR count). The van der Waals surface area contributed by atoms with Gasteiger partial charge in [-0.05, 0) is 133 Å². The third-order valence-electron chi connectivity index (χ3n) is 20.2. The van der Waals surface area contributed by atoms with Gasteiger partial charge in [-0.25, -0.2) is 0 Å². The Balaban J connectivity index is 1.07. The van der Waals surface area contributed by atoms with Crippen molar-refractivity contribution in [3.63, 3.8) is 0 Å². The smallest absolute Gasteiger partial charge is 0.248 e. The van der Waals surface area contributed by atoms with Crippen LogP contribution in [-0.4, -0.2) is 227 Å². The van der Waals surface area contributed by atoms with Gasteiger partial charge in [0.2, 0.25) is 59.3 Å². The summed E-state index contributed by atoms with van der Waals surface area (Å²) < 4.78 is 43.7. The zero-order valence-corrected chi connectivity index (χ0v) is 63.9. The SMILES string of the molecule is CC(=O)N[C@H]1[C@H](O[C@@H]2c3ccc(c(Cl)c3)Oc3cc4cc(c3O)Oc3ccc(cc3Cl)C[C@H]3NC(=O)[C@H](N)c5ccc(O)c(c5)Oc5cc(O)c(Cl)c(c5)[C@H](NC3=O)C(=O)N[C@H]4C(=O)N[C@H]3C(=O)N[C@@H]2C(=O)N[C@@H](C(=O)NCCCN(C)C)c2cc(O)cc(O[C@H]4O[C@H](CO)[C@@H](O)[C@H](O)[C@@H]4O)c2-c2cc3ccc2O)O[C@H](CO)[C@@H](O)[C@@H]1O. The van der Waals surface area contributed by atoms with Gasteiger partial charge < -0.3 is 148 Å². The van der Waals surface area contributed by atoms with Crippen LogP contribution in [0.1, 0.15) is 88.6 Å². The van der Waals surface area contributed by atoms with Crippen molar-refractivity contribution in [2.24, 2.45) is 5.73 Å². The minimum atomic E-state index is -2.44. The maximum Gasteiger partial charge on any atom is 0.248 e. The molecular formula is C77H79Cl3N10O27. The van der Waals surface area contributed by atoms with Crippen molar-refractivity contribution in [2.45, 2.75) is 130 Å². The van der Waals surface area contributed by atoms with E-state index in [1.165, 1.54) is 36.4 Å². The summed E-state index contributed by atoms with van der Waals surface area (Å²) in [5, 5.41) is 156. The molecule has 620 valence electrons. The summed E-state index contributed by atoms with van der Waals surface area (Å²) in [4.78, 5) is 126. The molecule has 117 heavy (non-hydrogen) atoms. The number of carbonyl (C=O) groups excluding carboxylic acids is 8. The fourth-order valence-electron chi connectivity index (χ4n) is 14.2. The van der Waals surface area contributed by atoms with Crippen LogP contribution < -0.4 is 67.2 Å². The molecule has 0 spiro atoms. The third-order valence-corrected chi connectivity index (χ3v) is 21.2. The average Bonchev–Trinajstić information content (AvgIpc) is 0.756. The Hall–Kier alpha value is -11.1. The van der Waals surface area contributed by atoms with E-state index in [0.29, 0.717) is 6.54 Å². The highest BCUT2D eigenvalue weighted by Crippen LogP contribution is 2.50. The number of nitrogens with zero attached hydrogens (tertiary/aromatic N) is 1. The summed E-state index contributed by atoms with van der Waals surface area (Å²) in [6.45, 7) is -0.761. The molecular weight excluding hydrogens is 1600 g/mol. The second-order valence-corrected chi connectivity index (χ2v) is 29.8. The summed E-state index contributed by atoms with van der Waals surface area (Å²) in [5.74, 6) is -17.1. The van der Waals surface area contributed by atoms with Gasteiger partial charge in [-0.15, -0.1) is 0 Å². The summed E-state index contributed by atoms with van der Waals surface area (Å²) >= 11 is 21.2. The molecule has 0 aliphatic carbocycles. The van der Waals surface area contributed by atoms with Crippen molar-refractivity contribution in [1.82, 2.24) is 47.4 Å². The van der Waals surface area contributed by atoms with Gasteiger partial charge in [0.1, 0.15) is 137 Å². The number of carbonyl (C=O) groups is 8.